The summed E-state index contributed by atoms with van der Waals surface area (Å²) in [5.74, 6) is 0.822. The van der Waals surface area contributed by atoms with Gasteiger partial charge in [-0.3, -0.25) is 0 Å². The summed E-state index contributed by atoms with van der Waals surface area (Å²) >= 11 is 0. The summed E-state index contributed by atoms with van der Waals surface area (Å²) in [6.45, 7) is 7.01. The Bertz CT molecular complexity index is 355. The molecule has 0 amide bonds. The van der Waals surface area contributed by atoms with Crippen LogP contribution in [0.2, 0.25) is 0 Å². The Labute approximate surface area is 109 Å². The first-order valence-corrected chi connectivity index (χ1v) is 6.90. The van der Waals surface area contributed by atoms with Crippen molar-refractivity contribution in [1.29, 1.82) is 0 Å². The molecule has 1 aliphatic rings. The van der Waals surface area contributed by atoms with Crippen LogP contribution in [0.25, 0.3) is 0 Å². The monoisotopic (exact) mass is 249 g/mol. The van der Waals surface area contributed by atoms with E-state index < -0.39 is 0 Å². The lowest BCUT2D eigenvalue weighted by Crippen LogP contribution is -2.29. The van der Waals surface area contributed by atoms with E-state index in [4.69, 9.17) is 4.74 Å². The van der Waals surface area contributed by atoms with Crippen LogP contribution in [0.3, 0.4) is 0 Å². The summed E-state index contributed by atoms with van der Waals surface area (Å²) < 4.78 is 5.62. The number of nitrogens with zero attached hydrogens (tertiary/aromatic N) is 2. The van der Waals surface area contributed by atoms with Crippen LogP contribution >= 0.6 is 0 Å². The van der Waals surface area contributed by atoms with Crippen molar-refractivity contribution in [3.05, 3.63) is 17.5 Å². The minimum absolute atomic E-state index is 0.522. The number of hydrogen-bond acceptors (Lipinski definition) is 4. The molecule has 1 fully saturated rings. The largest absolute Gasteiger partial charge is 0.463 e. The van der Waals surface area contributed by atoms with Crippen molar-refractivity contribution in [2.75, 3.05) is 19.7 Å². The van der Waals surface area contributed by atoms with Gasteiger partial charge in [-0.25, -0.2) is 9.97 Å². The molecule has 0 radical (unpaired) electrons. The van der Waals surface area contributed by atoms with Crippen LogP contribution in [0.1, 0.15) is 37.1 Å². The number of piperidine rings is 1. The number of aromatic nitrogens is 2. The molecule has 0 saturated carbocycles. The van der Waals surface area contributed by atoms with E-state index in [1.165, 1.54) is 32.4 Å². The molecule has 1 N–H and O–H groups in total. The zero-order valence-electron chi connectivity index (χ0n) is 11.4. The predicted octanol–water partition coefficient (Wildman–Crippen LogP) is 2.25. The van der Waals surface area contributed by atoms with Gasteiger partial charge in [0.2, 0.25) is 0 Å². The molecule has 100 valence electrons. The van der Waals surface area contributed by atoms with Crippen molar-refractivity contribution in [1.82, 2.24) is 15.3 Å². The molecule has 1 atom stereocenters. The fourth-order valence-electron chi connectivity index (χ4n) is 2.46. The average molecular weight is 249 g/mol. The molecular weight excluding hydrogens is 226 g/mol. The maximum atomic E-state index is 5.62. The lowest BCUT2D eigenvalue weighted by Gasteiger charge is -2.22. The number of ether oxygens (including phenoxy) is 1. The van der Waals surface area contributed by atoms with Gasteiger partial charge in [-0.05, 0) is 64.6 Å². The van der Waals surface area contributed by atoms with Crippen molar-refractivity contribution in [3.63, 3.8) is 0 Å². The van der Waals surface area contributed by atoms with E-state index in [0.29, 0.717) is 6.01 Å². The van der Waals surface area contributed by atoms with Crippen molar-refractivity contribution >= 4 is 0 Å². The van der Waals surface area contributed by atoms with Crippen LogP contribution in [0.5, 0.6) is 6.01 Å². The highest BCUT2D eigenvalue weighted by atomic mass is 16.5. The lowest BCUT2D eigenvalue weighted by atomic mass is 9.95. The molecule has 0 bridgehead atoms. The maximum absolute atomic E-state index is 5.62. The first-order chi connectivity index (χ1) is 8.74. The number of nitrogens with one attached hydrogen (secondary N) is 1. The Morgan fingerprint density at radius 3 is 2.78 bits per heavy atom. The summed E-state index contributed by atoms with van der Waals surface area (Å²) in [6.07, 6.45) is 4.99. The third-order valence-electron chi connectivity index (χ3n) is 3.35. The molecule has 4 nitrogen and oxygen atoms in total. The number of hydrogen-bond donors (Lipinski definition) is 1. The SMILES string of the molecule is Cc1cc(C)nc(OCCC[C@H]2CCCNC2)n1. The van der Waals surface area contributed by atoms with Crippen LogP contribution in [0.4, 0.5) is 0 Å². The quantitative estimate of drug-likeness (QED) is 0.813. The van der Waals surface area contributed by atoms with Gasteiger partial charge >= 0.3 is 6.01 Å². The molecule has 0 aliphatic carbocycles. The Morgan fingerprint density at radius 2 is 2.11 bits per heavy atom. The van der Waals surface area contributed by atoms with Gasteiger partial charge in [0.1, 0.15) is 0 Å². The first kappa shape index (κ1) is 13.3. The first-order valence-electron chi connectivity index (χ1n) is 6.90. The van der Waals surface area contributed by atoms with E-state index in [-0.39, 0.29) is 0 Å². The average Bonchev–Trinajstić information content (AvgIpc) is 2.35. The highest BCUT2D eigenvalue weighted by Crippen LogP contribution is 2.16. The van der Waals surface area contributed by atoms with Crippen molar-refractivity contribution in [2.45, 2.75) is 39.5 Å². The minimum Gasteiger partial charge on any atom is -0.463 e. The Hall–Kier alpha value is -1.16. The third kappa shape index (κ3) is 4.26. The molecule has 0 aromatic carbocycles. The Morgan fingerprint density at radius 1 is 1.33 bits per heavy atom. The Balaban J connectivity index is 1.68. The zero-order valence-corrected chi connectivity index (χ0v) is 11.4. The number of aryl methyl sites for hydroxylation is 2. The fourth-order valence-corrected chi connectivity index (χ4v) is 2.46. The molecule has 18 heavy (non-hydrogen) atoms. The summed E-state index contributed by atoms with van der Waals surface area (Å²) in [7, 11) is 0. The van der Waals surface area contributed by atoms with Gasteiger partial charge in [0.15, 0.2) is 0 Å². The van der Waals surface area contributed by atoms with Gasteiger partial charge in [-0.2, -0.15) is 0 Å². The highest BCUT2D eigenvalue weighted by molar-refractivity contribution is 5.10. The third-order valence-corrected chi connectivity index (χ3v) is 3.35. The number of rotatable bonds is 5. The van der Waals surface area contributed by atoms with Crippen molar-refractivity contribution < 1.29 is 4.74 Å². The fraction of sp³-hybridized carbons (Fsp3) is 0.714. The molecule has 1 aromatic rings. The molecular formula is C14H23N3O. The standard InChI is InChI=1S/C14H23N3O/c1-11-9-12(2)17-14(16-11)18-8-4-6-13-5-3-7-15-10-13/h9,13,15H,3-8,10H2,1-2H3/t13-/m1/s1. The molecule has 1 aliphatic heterocycles. The van der Waals surface area contributed by atoms with E-state index in [9.17, 15) is 0 Å². The van der Waals surface area contributed by atoms with Gasteiger partial charge in [0.25, 0.3) is 0 Å². The molecule has 1 saturated heterocycles. The van der Waals surface area contributed by atoms with E-state index >= 15 is 0 Å². The van der Waals surface area contributed by atoms with Gasteiger partial charge in [-0.1, -0.05) is 0 Å². The van der Waals surface area contributed by atoms with E-state index in [1.54, 1.807) is 0 Å². The molecule has 2 rings (SSSR count). The molecule has 1 aromatic heterocycles. The lowest BCUT2D eigenvalue weighted by molar-refractivity contribution is 0.259. The van der Waals surface area contributed by atoms with E-state index in [1.807, 2.05) is 19.9 Å². The van der Waals surface area contributed by atoms with Crippen molar-refractivity contribution in [2.24, 2.45) is 5.92 Å². The van der Waals surface area contributed by atoms with Gasteiger partial charge < -0.3 is 10.1 Å². The van der Waals surface area contributed by atoms with Crippen LogP contribution in [-0.2, 0) is 0 Å². The Kier molecular flexibility index (Phi) is 4.93. The maximum Gasteiger partial charge on any atom is 0.316 e. The molecule has 2 heterocycles. The van der Waals surface area contributed by atoms with Gasteiger partial charge in [-0.15, -0.1) is 0 Å². The van der Waals surface area contributed by atoms with E-state index in [0.717, 1.165) is 30.3 Å². The van der Waals surface area contributed by atoms with Crippen LogP contribution in [0.15, 0.2) is 6.07 Å². The topological polar surface area (TPSA) is 47.0 Å². The van der Waals surface area contributed by atoms with Gasteiger partial charge in [0.05, 0.1) is 6.61 Å². The molecule has 0 spiro atoms. The normalized spacial score (nSPS) is 19.8. The summed E-state index contributed by atoms with van der Waals surface area (Å²) in [6, 6.07) is 2.48. The second-order valence-corrected chi connectivity index (χ2v) is 5.14. The molecule has 0 unspecified atom stereocenters. The zero-order chi connectivity index (χ0) is 12.8. The van der Waals surface area contributed by atoms with E-state index in [2.05, 4.69) is 15.3 Å². The second-order valence-electron chi connectivity index (χ2n) is 5.14. The van der Waals surface area contributed by atoms with Crippen LogP contribution in [0, 0.1) is 19.8 Å². The predicted molar refractivity (Wildman–Crippen MR) is 71.8 cm³/mol. The summed E-state index contributed by atoms with van der Waals surface area (Å²) in [5, 5.41) is 3.44. The van der Waals surface area contributed by atoms with Gasteiger partial charge in [0, 0.05) is 11.4 Å². The summed E-state index contributed by atoms with van der Waals surface area (Å²) in [5.41, 5.74) is 1.93. The minimum atomic E-state index is 0.522. The summed E-state index contributed by atoms with van der Waals surface area (Å²) in [4.78, 5) is 8.55. The highest BCUT2D eigenvalue weighted by Gasteiger charge is 2.12. The van der Waals surface area contributed by atoms with Crippen LogP contribution < -0.4 is 10.1 Å². The second kappa shape index (κ2) is 6.69. The van der Waals surface area contributed by atoms with Crippen molar-refractivity contribution in [3.8, 4) is 6.01 Å². The van der Waals surface area contributed by atoms with Crippen LogP contribution in [-0.4, -0.2) is 29.7 Å². The smallest absolute Gasteiger partial charge is 0.316 e. The molecule has 4 heteroatoms.